The molecule has 2 aliphatic rings. The molecule has 1 unspecified atom stereocenters. The summed E-state index contributed by atoms with van der Waals surface area (Å²) in [6, 6.07) is 4.78. The van der Waals surface area contributed by atoms with Gasteiger partial charge in [-0.25, -0.2) is 28.2 Å². The Morgan fingerprint density at radius 1 is 1.02 bits per heavy atom. The van der Waals surface area contributed by atoms with E-state index in [0.29, 0.717) is 6.42 Å². The third-order valence-electron chi connectivity index (χ3n) is 7.11. The van der Waals surface area contributed by atoms with Gasteiger partial charge >= 0.3 is 41.7 Å². The van der Waals surface area contributed by atoms with Crippen LogP contribution in [0.2, 0.25) is 0 Å². The summed E-state index contributed by atoms with van der Waals surface area (Å²) >= 11 is 0. The molecule has 0 fully saturated rings. The van der Waals surface area contributed by atoms with Gasteiger partial charge in [0.25, 0.3) is 0 Å². The van der Waals surface area contributed by atoms with Crippen molar-refractivity contribution in [2.75, 3.05) is 13.2 Å². The van der Waals surface area contributed by atoms with Gasteiger partial charge in [0.1, 0.15) is 29.4 Å². The fraction of sp³-hybridized carbons (Fsp3) is 0.281. The van der Waals surface area contributed by atoms with Crippen LogP contribution in [0.5, 0.6) is 5.75 Å². The van der Waals surface area contributed by atoms with Crippen LogP contribution in [0.1, 0.15) is 44.1 Å². The minimum atomic E-state index is -4.83. The molecule has 0 aliphatic carbocycles. The van der Waals surface area contributed by atoms with E-state index in [4.69, 9.17) is 14.0 Å². The van der Waals surface area contributed by atoms with Gasteiger partial charge in [0.15, 0.2) is 23.2 Å². The number of nitrogens with one attached hydrogen (secondary N) is 1. The number of esters is 1. The van der Waals surface area contributed by atoms with Crippen LogP contribution >= 0.6 is 0 Å². The van der Waals surface area contributed by atoms with Crippen molar-refractivity contribution < 1.29 is 85.0 Å². The molecule has 2 aromatic carbocycles. The molecule has 5 rings (SSSR count). The maximum absolute atomic E-state index is 14.5. The molecule has 1 amide bonds. The number of carbonyl (C=O) groups excluding carboxylic acids is 3. The van der Waals surface area contributed by atoms with Crippen LogP contribution in [0.4, 0.5) is 22.0 Å². The standard InChI is InChI=1S/C32H27F5N6O7.Na/c1-3-10-48-17-7-8-18(20(12-17)32(35,36)37)22-13-25(50-42-22)28(31(47)49-11-9-26(44)39-16(2)30(45)46)43-15-24-23(14-38-43)40-29(41-24)19-5-4-6-21(33)27(19)34;/h4-8,12-16,28H,3,9-11H2,1-2H3,(H,39,44)(H,45,46);/q;+1/p-1/t16-,28?;/m0./s1. The number of fused-ring (bicyclic) bond motifs is 1. The summed E-state index contributed by atoms with van der Waals surface area (Å²) in [5.74, 6) is -6.31. The quantitative estimate of drug-likeness (QED) is 0.104. The molecule has 1 N–H and O–H groups in total. The Morgan fingerprint density at radius 2 is 1.76 bits per heavy atom. The largest absolute Gasteiger partial charge is 1.00 e. The van der Waals surface area contributed by atoms with Crippen molar-refractivity contribution in [2.24, 2.45) is 0 Å². The zero-order valence-corrected chi connectivity index (χ0v) is 29.2. The molecule has 0 bridgehead atoms. The summed E-state index contributed by atoms with van der Waals surface area (Å²) in [6.07, 6.45) is -2.40. The molecule has 0 saturated carbocycles. The maximum Gasteiger partial charge on any atom is 1.00 e. The summed E-state index contributed by atoms with van der Waals surface area (Å²) < 4.78 is 87.6. The SMILES string of the molecule is CCCOc1ccc(-c2cc(C(C(=O)OCCC(=O)N[C@@H](C)C(=O)[O-])n3cc4nc(-c5cccc(F)c5F)nc-4cn3)on2)c(C(F)(F)F)c1.[Na+]. The van der Waals surface area contributed by atoms with Gasteiger partial charge in [0, 0.05) is 11.6 Å². The molecule has 1 aromatic heterocycles. The first-order valence-corrected chi connectivity index (χ1v) is 14.9. The molecule has 51 heavy (non-hydrogen) atoms. The number of carbonyl (C=O) groups is 3. The second kappa shape index (κ2) is 16.4. The second-order valence-electron chi connectivity index (χ2n) is 10.8. The van der Waals surface area contributed by atoms with Gasteiger partial charge in [0.05, 0.1) is 48.6 Å². The van der Waals surface area contributed by atoms with Crippen molar-refractivity contribution in [1.82, 2.24) is 30.2 Å². The van der Waals surface area contributed by atoms with E-state index in [9.17, 15) is 41.4 Å². The number of alkyl halides is 3. The molecule has 19 heteroatoms. The number of amides is 1. The molecule has 0 spiro atoms. The first-order chi connectivity index (χ1) is 23.8. The van der Waals surface area contributed by atoms with Crippen LogP contribution in [0.15, 0.2) is 59.4 Å². The van der Waals surface area contributed by atoms with Crippen molar-refractivity contribution in [3.8, 4) is 39.8 Å². The number of ether oxygens (including phenoxy) is 2. The van der Waals surface area contributed by atoms with Crippen molar-refractivity contribution in [2.45, 2.75) is 44.9 Å². The van der Waals surface area contributed by atoms with E-state index in [-0.39, 0.29) is 81.7 Å². The fourth-order valence-electron chi connectivity index (χ4n) is 4.66. The van der Waals surface area contributed by atoms with Gasteiger partial charge in [-0.05, 0) is 43.7 Å². The Hall–Kier alpha value is -4.94. The van der Waals surface area contributed by atoms with Gasteiger partial charge < -0.3 is 29.2 Å². The number of hydrogen-bond donors (Lipinski definition) is 1. The number of nitrogens with zero attached hydrogens (tertiary/aromatic N) is 5. The van der Waals surface area contributed by atoms with E-state index in [2.05, 4.69) is 25.5 Å². The van der Waals surface area contributed by atoms with Crippen LogP contribution in [-0.2, 0) is 25.3 Å². The predicted octanol–water partition coefficient (Wildman–Crippen LogP) is 0.967. The number of hydrogen-bond acceptors (Lipinski definition) is 11. The van der Waals surface area contributed by atoms with Gasteiger partial charge in [-0.15, -0.1) is 0 Å². The van der Waals surface area contributed by atoms with Crippen molar-refractivity contribution in [1.29, 1.82) is 0 Å². The average Bonchev–Trinajstić information content (AvgIpc) is 3.72. The third kappa shape index (κ3) is 9.05. The molecular formula is C32H26F5N6NaO7. The molecule has 2 aliphatic heterocycles. The summed E-state index contributed by atoms with van der Waals surface area (Å²) in [4.78, 5) is 44.9. The molecule has 3 heterocycles. The van der Waals surface area contributed by atoms with Gasteiger partial charge in [-0.3, -0.25) is 4.79 Å². The van der Waals surface area contributed by atoms with E-state index >= 15 is 0 Å². The molecule has 3 aromatic rings. The molecule has 0 radical (unpaired) electrons. The first kappa shape index (κ1) is 38.9. The number of carboxylic acid groups (broad SMARTS) is 1. The molecule has 2 atom stereocenters. The minimum Gasteiger partial charge on any atom is -0.548 e. The summed E-state index contributed by atoms with van der Waals surface area (Å²) in [7, 11) is 0. The number of aliphatic carboxylic acids is 1. The average molecular weight is 725 g/mol. The fourth-order valence-corrected chi connectivity index (χ4v) is 4.66. The third-order valence-corrected chi connectivity index (χ3v) is 7.11. The van der Waals surface area contributed by atoms with Crippen LogP contribution in [0, 0.1) is 11.6 Å². The van der Waals surface area contributed by atoms with E-state index in [0.717, 1.165) is 35.1 Å². The number of aromatic nitrogens is 5. The van der Waals surface area contributed by atoms with Gasteiger partial charge in [-0.2, -0.15) is 18.3 Å². The Balaban J connectivity index is 0.00000583. The topological polar surface area (TPSA) is 174 Å². The Morgan fingerprint density at radius 3 is 2.47 bits per heavy atom. The zero-order chi connectivity index (χ0) is 36.2. The smallest absolute Gasteiger partial charge is 0.548 e. The molecule has 0 saturated heterocycles. The number of benzene rings is 2. The maximum atomic E-state index is 14.5. The molecule has 262 valence electrons. The van der Waals surface area contributed by atoms with Gasteiger partial charge in [-0.1, -0.05) is 18.1 Å². The first-order valence-electron chi connectivity index (χ1n) is 14.9. The second-order valence-corrected chi connectivity index (χ2v) is 10.8. The monoisotopic (exact) mass is 724 g/mol. The number of rotatable bonds is 13. The Bertz CT molecular complexity index is 2000. The Labute approximate surface area is 307 Å². The number of imidazole rings is 1. The van der Waals surface area contributed by atoms with Crippen LogP contribution in [0.25, 0.3) is 34.0 Å². The number of carboxylic acids is 1. The van der Waals surface area contributed by atoms with Crippen LogP contribution in [-0.4, -0.2) is 62.0 Å². The van der Waals surface area contributed by atoms with Crippen molar-refractivity contribution in [3.05, 3.63) is 77.8 Å². The van der Waals surface area contributed by atoms with Gasteiger partial charge in [0.2, 0.25) is 11.9 Å². The van der Waals surface area contributed by atoms with Crippen LogP contribution < -0.4 is 44.7 Å². The van der Waals surface area contributed by atoms with E-state index in [1.54, 1.807) is 6.92 Å². The summed E-state index contributed by atoms with van der Waals surface area (Å²) in [5.41, 5.74) is -1.86. The molecular weight excluding hydrogens is 698 g/mol. The van der Waals surface area contributed by atoms with E-state index < -0.39 is 66.3 Å². The van der Waals surface area contributed by atoms with E-state index in [1.807, 2.05) is 0 Å². The van der Waals surface area contributed by atoms with E-state index in [1.165, 1.54) is 31.3 Å². The Kier molecular flexibility index (Phi) is 12.5. The predicted molar refractivity (Wildman–Crippen MR) is 159 cm³/mol. The zero-order valence-electron chi connectivity index (χ0n) is 27.2. The summed E-state index contributed by atoms with van der Waals surface area (Å²) in [6.45, 7) is 2.60. The van der Waals surface area contributed by atoms with Crippen molar-refractivity contribution >= 4 is 17.8 Å². The molecule has 13 nitrogen and oxygen atoms in total. The minimum absolute atomic E-state index is 0. The normalized spacial score (nSPS) is 12.5. The van der Waals surface area contributed by atoms with Crippen LogP contribution in [0.3, 0.4) is 0 Å². The van der Waals surface area contributed by atoms with Crippen molar-refractivity contribution in [3.63, 3.8) is 0 Å². The number of halogens is 5. The summed E-state index contributed by atoms with van der Waals surface area (Å²) in [5, 5.41) is 21.0.